The van der Waals surface area contributed by atoms with E-state index in [2.05, 4.69) is 17.6 Å². The second kappa shape index (κ2) is 12.9. The molecule has 2 aliphatic rings. The summed E-state index contributed by atoms with van der Waals surface area (Å²) in [6.45, 7) is 8.05. The highest BCUT2D eigenvalue weighted by molar-refractivity contribution is 6.30. The molecule has 2 atom stereocenters. The van der Waals surface area contributed by atoms with E-state index >= 15 is 0 Å². The lowest BCUT2D eigenvalue weighted by molar-refractivity contribution is -0.142. The number of hydrogen-bond donors (Lipinski definition) is 1. The average molecular weight is 554 g/mol. The number of fused-ring (bicyclic) bond motifs is 2. The van der Waals surface area contributed by atoms with Crippen molar-refractivity contribution in [3.05, 3.63) is 82.6 Å². The van der Waals surface area contributed by atoms with Crippen molar-refractivity contribution in [2.24, 2.45) is 5.92 Å². The standard InChI is InChI=1S/C32H41ClN2O4/c1-23-31(37)34(3)17-9-6-4-5-7-10-18-35-19-11-8-12-25-20-28(33)15-13-26(25)22-39-30-16-14-27(21-29(30)35)32(23,38)24(2)36/h6,9,13-16,20-21,23,36,38H,2,4-5,7-8,10-12,17-19,22H2,1,3H3/p+1/b9-6-/t23-,32-/m0/s1. The average Bonchev–Trinajstić information content (AvgIpc) is 2.95. The van der Waals surface area contributed by atoms with Crippen LogP contribution in [0.2, 0.25) is 5.02 Å². The number of anilines is 1. The molecule has 0 unspecified atom stereocenters. The maximum Gasteiger partial charge on any atom is 0.258 e. The van der Waals surface area contributed by atoms with E-state index in [0.717, 1.165) is 80.1 Å². The van der Waals surface area contributed by atoms with E-state index in [-0.39, 0.29) is 11.7 Å². The number of aryl methyl sites for hydroxylation is 1. The molecular formula is C32H42ClN2O4+. The molecule has 3 N–H and O–H groups in total. The van der Waals surface area contributed by atoms with Crippen LogP contribution >= 0.6 is 11.6 Å². The number of allylic oxidation sites excluding steroid dienone is 1. The van der Waals surface area contributed by atoms with Crippen molar-refractivity contribution in [1.82, 2.24) is 4.90 Å². The van der Waals surface area contributed by atoms with Crippen LogP contribution in [-0.2, 0) is 23.4 Å². The van der Waals surface area contributed by atoms with Crippen molar-refractivity contribution in [2.45, 2.75) is 64.1 Å². The van der Waals surface area contributed by atoms with Gasteiger partial charge in [-0.1, -0.05) is 42.8 Å². The van der Waals surface area contributed by atoms with Crippen LogP contribution in [0.3, 0.4) is 0 Å². The first kappa shape index (κ1) is 29.0. The third-order valence-corrected chi connectivity index (χ3v) is 8.36. The van der Waals surface area contributed by atoms with Gasteiger partial charge in [0, 0.05) is 37.3 Å². The number of amides is 1. The zero-order chi connectivity index (χ0) is 28.0. The smallest absolute Gasteiger partial charge is 0.258 e. The van der Waals surface area contributed by atoms with Crippen LogP contribution < -0.4 is 9.64 Å². The summed E-state index contributed by atoms with van der Waals surface area (Å²) in [6, 6.07) is 11.6. The molecule has 1 amide bonds. The summed E-state index contributed by atoms with van der Waals surface area (Å²) in [5.74, 6) is -0.666. The van der Waals surface area contributed by atoms with Crippen LogP contribution in [0.4, 0.5) is 5.69 Å². The topological polar surface area (TPSA) is 75.9 Å². The van der Waals surface area contributed by atoms with Gasteiger partial charge in [-0.05, 0) is 86.9 Å². The number of carbonyl (C=O) groups excluding carboxylic acids is 1. The molecule has 0 radical (unpaired) electrons. The molecular weight excluding hydrogens is 512 g/mol. The molecule has 2 bridgehead atoms. The molecule has 2 heterocycles. The zero-order valence-corrected chi connectivity index (χ0v) is 24.0. The minimum absolute atomic E-state index is 0.211. The highest BCUT2D eigenvalue weighted by Crippen LogP contribution is 2.41. The highest BCUT2D eigenvalue weighted by Gasteiger charge is 2.49. The molecule has 0 spiro atoms. The Hall–Kier alpha value is -2.96. The van der Waals surface area contributed by atoms with Crippen LogP contribution in [0.25, 0.3) is 0 Å². The lowest BCUT2D eigenvalue weighted by atomic mass is 9.79. The van der Waals surface area contributed by atoms with Gasteiger partial charge in [-0.3, -0.25) is 4.79 Å². The molecule has 0 saturated heterocycles. The predicted molar refractivity (Wildman–Crippen MR) is 159 cm³/mol. The number of likely N-dealkylation sites (N-methyl/N-ethyl adjacent to an activating group) is 1. The van der Waals surface area contributed by atoms with Crippen LogP contribution in [0.15, 0.2) is 60.9 Å². The molecule has 6 nitrogen and oxygen atoms in total. The van der Waals surface area contributed by atoms with Gasteiger partial charge in [0.05, 0.1) is 5.69 Å². The number of rotatable bonds is 1. The molecule has 0 aliphatic carbocycles. The number of carbonyl (C=O) groups is 1. The summed E-state index contributed by atoms with van der Waals surface area (Å²) < 4.78 is 6.43. The van der Waals surface area contributed by atoms with E-state index in [0.29, 0.717) is 18.7 Å². The SMILES string of the molecule is C=C(O)[C@]1([OH2+])c2ccc3c(c2)N(CCCCC/C=C\CN(C)C(=O)[C@@H]1C)CCCCc1cc(Cl)ccc1CO3. The van der Waals surface area contributed by atoms with Gasteiger partial charge in [0.25, 0.3) is 5.60 Å². The highest BCUT2D eigenvalue weighted by atomic mass is 35.5. The van der Waals surface area contributed by atoms with Gasteiger partial charge in [-0.15, -0.1) is 0 Å². The number of nitrogens with zero attached hydrogens (tertiary/aromatic N) is 2. The summed E-state index contributed by atoms with van der Waals surface area (Å²) in [7, 11) is 1.74. The summed E-state index contributed by atoms with van der Waals surface area (Å²) in [6.07, 6.45) is 11.3. The van der Waals surface area contributed by atoms with E-state index in [1.165, 1.54) is 5.56 Å². The Balaban J connectivity index is 1.79. The molecule has 210 valence electrons. The number of hydrogen-bond acceptors (Lipinski definition) is 4. The van der Waals surface area contributed by atoms with Gasteiger partial charge in [-0.2, -0.15) is 0 Å². The number of halogens is 1. The Morgan fingerprint density at radius 2 is 1.85 bits per heavy atom. The number of ether oxygens (including phenoxy) is 1. The summed E-state index contributed by atoms with van der Waals surface area (Å²) in [5.41, 5.74) is 2.05. The van der Waals surface area contributed by atoms with Gasteiger partial charge >= 0.3 is 0 Å². The maximum atomic E-state index is 13.4. The summed E-state index contributed by atoms with van der Waals surface area (Å²) in [5, 5.41) is 20.9. The first-order valence-corrected chi connectivity index (χ1v) is 14.4. The van der Waals surface area contributed by atoms with Crippen LogP contribution in [-0.4, -0.2) is 47.7 Å². The minimum atomic E-state index is -1.71. The maximum absolute atomic E-state index is 13.4. The van der Waals surface area contributed by atoms with Crippen LogP contribution in [0.5, 0.6) is 5.75 Å². The van der Waals surface area contributed by atoms with Gasteiger partial charge in [-0.25, -0.2) is 0 Å². The molecule has 2 aliphatic heterocycles. The lowest BCUT2D eigenvalue weighted by Crippen LogP contribution is -2.45. The van der Waals surface area contributed by atoms with Crippen molar-refractivity contribution in [3.8, 4) is 5.75 Å². The van der Waals surface area contributed by atoms with E-state index in [1.54, 1.807) is 24.9 Å². The largest absolute Gasteiger partial charge is 0.505 e. The van der Waals surface area contributed by atoms with Crippen molar-refractivity contribution >= 4 is 23.2 Å². The van der Waals surface area contributed by atoms with Crippen molar-refractivity contribution in [1.29, 1.82) is 0 Å². The second-order valence-corrected chi connectivity index (χ2v) is 11.3. The fraction of sp³-hybridized carbons (Fsp3) is 0.469. The van der Waals surface area contributed by atoms with Crippen LogP contribution in [0.1, 0.15) is 62.1 Å². The van der Waals surface area contributed by atoms with Crippen molar-refractivity contribution in [3.63, 3.8) is 0 Å². The molecule has 4 rings (SSSR count). The molecule has 2 aromatic carbocycles. The number of benzene rings is 2. The van der Waals surface area contributed by atoms with Crippen LogP contribution in [0, 0.1) is 5.92 Å². The first-order valence-electron chi connectivity index (χ1n) is 14.0. The van der Waals surface area contributed by atoms with E-state index in [4.69, 9.17) is 16.3 Å². The van der Waals surface area contributed by atoms with E-state index < -0.39 is 11.5 Å². The van der Waals surface area contributed by atoms with Gasteiger partial charge in [0.15, 0.2) is 5.76 Å². The summed E-state index contributed by atoms with van der Waals surface area (Å²) in [4.78, 5) is 17.4. The summed E-state index contributed by atoms with van der Waals surface area (Å²) >= 11 is 6.30. The van der Waals surface area contributed by atoms with Crippen molar-refractivity contribution < 1.29 is 19.7 Å². The van der Waals surface area contributed by atoms with Gasteiger partial charge in [0.2, 0.25) is 5.91 Å². The lowest BCUT2D eigenvalue weighted by Gasteiger charge is -2.33. The normalized spacial score (nSPS) is 24.2. The zero-order valence-electron chi connectivity index (χ0n) is 23.2. The molecule has 0 fully saturated rings. The fourth-order valence-electron chi connectivity index (χ4n) is 5.59. The minimum Gasteiger partial charge on any atom is -0.505 e. The third-order valence-electron chi connectivity index (χ3n) is 8.13. The van der Waals surface area contributed by atoms with E-state index in [1.807, 2.05) is 36.4 Å². The quantitative estimate of drug-likeness (QED) is 0.256. The second-order valence-electron chi connectivity index (χ2n) is 10.8. The Bertz CT molecular complexity index is 1210. The monoisotopic (exact) mass is 553 g/mol. The number of aliphatic hydroxyl groups is 1. The Labute approximate surface area is 237 Å². The first-order chi connectivity index (χ1) is 18.7. The molecule has 2 aromatic rings. The molecule has 7 heteroatoms. The Kier molecular flexibility index (Phi) is 9.62. The fourth-order valence-corrected chi connectivity index (χ4v) is 5.79. The Morgan fingerprint density at radius 3 is 2.62 bits per heavy atom. The Morgan fingerprint density at radius 1 is 1.08 bits per heavy atom. The van der Waals surface area contributed by atoms with E-state index in [9.17, 15) is 15.0 Å². The van der Waals surface area contributed by atoms with Gasteiger partial charge in [0.1, 0.15) is 18.3 Å². The predicted octanol–water partition coefficient (Wildman–Crippen LogP) is 6.28. The van der Waals surface area contributed by atoms with Gasteiger partial charge < -0.3 is 24.7 Å². The molecule has 0 saturated carbocycles. The van der Waals surface area contributed by atoms with Crippen molar-refractivity contribution in [2.75, 3.05) is 31.6 Å². The number of aliphatic hydroxyl groups excluding tert-OH is 1. The third kappa shape index (κ3) is 6.62. The molecule has 0 aromatic heterocycles. The molecule has 39 heavy (non-hydrogen) atoms.